The molecule has 1 amide bonds. The van der Waals surface area contributed by atoms with Crippen LogP contribution in [0.1, 0.15) is 57.9 Å². The Hall–Kier alpha value is -1.93. The standard InChI is InChI=1S/C19H28N2O5S/c1-3-19(4-2,13-18(23)24)20-17(22)12-7-14-5-10-16(11-6-14)27(25,26)21-15-8-9-15/h5-6,10-11,15,21H,3-4,7-9,12-13H2,1-2H3,(H,20,22)(H,23,24). The van der Waals surface area contributed by atoms with Gasteiger partial charge in [-0.1, -0.05) is 26.0 Å². The van der Waals surface area contributed by atoms with E-state index in [1.165, 1.54) is 0 Å². The van der Waals surface area contributed by atoms with Gasteiger partial charge in [-0.15, -0.1) is 0 Å². The molecule has 7 nitrogen and oxygen atoms in total. The summed E-state index contributed by atoms with van der Waals surface area (Å²) >= 11 is 0. The minimum atomic E-state index is -3.47. The van der Waals surface area contributed by atoms with Gasteiger partial charge in [-0.3, -0.25) is 9.59 Å². The number of sulfonamides is 1. The van der Waals surface area contributed by atoms with E-state index in [-0.39, 0.29) is 29.7 Å². The van der Waals surface area contributed by atoms with Gasteiger partial charge in [0.1, 0.15) is 0 Å². The number of rotatable bonds is 11. The lowest BCUT2D eigenvalue weighted by atomic mass is 9.88. The third-order valence-electron chi connectivity index (χ3n) is 5.02. The predicted molar refractivity (Wildman–Crippen MR) is 102 cm³/mol. The zero-order valence-corrected chi connectivity index (χ0v) is 16.6. The predicted octanol–water partition coefficient (Wildman–Crippen LogP) is 2.21. The van der Waals surface area contributed by atoms with Crippen molar-refractivity contribution in [2.24, 2.45) is 0 Å². The number of carboxylic acids is 1. The number of benzene rings is 1. The van der Waals surface area contributed by atoms with Gasteiger partial charge in [-0.2, -0.15) is 0 Å². The second-order valence-electron chi connectivity index (χ2n) is 7.15. The summed E-state index contributed by atoms with van der Waals surface area (Å²) < 4.78 is 26.9. The van der Waals surface area contributed by atoms with Gasteiger partial charge >= 0.3 is 5.97 Å². The van der Waals surface area contributed by atoms with Crippen molar-refractivity contribution in [3.63, 3.8) is 0 Å². The second-order valence-corrected chi connectivity index (χ2v) is 8.86. The van der Waals surface area contributed by atoms with Gasteiger partial charge in [0.05, 0.1) is 11.3 Å². The molecule has 1 aliphatic carbocycles. The Morgan fingerprint density at radius 2 is 1.74 bits per heavy atom. The largest absolute Gasteiger partial charge is 0.481 e. The Morgan fingerprint density at radius 1 is 1.15 bits per heavy atom. The van der Waals surface area contributed by atoms with Crippen molar-refractivity contribution in [2.45, 2.75) is 75.3 Å². The lowest BCUT2D eigenvalue weighted by Gasteiger charge is -2.31. The number of carbonyl (C=O) groups excluding carboxylic acids is 1. The van der Waals surface area contributed by atoms with Gasteiger partial charge in [-0.25, -0.2) is 13.1 Å². The van der Waals surface area contributed by atoms with Crippen LogP contribution in [-0.4, -0.2) is 37.0 Å². The van der Waals surface area contributed by atoms with Crippen LogP contribution >= 0.6 is 0 Å². The quantitative estimate of drug-likeness (QED) is 0.531. The van der Waals surface area contributed by atoms with Gasteiger partial charge in [0.2, 0.25) is 15.9 Å². The van der Waals surface area contributed by atoms with Crippen LogP contribution in [0.4, 0.5) is 0 Å². The summed E-state index contributed by atoms with van der Waals surface area (Å²) in [6.45, 7) is 3.73. The number of amides is 1. The van der Waals surface area contributed by atoms with Gasteiger partial charge < -0.3 is 10.4 Å². The molecule has 1 saturated carbocycles. The summed E-state index contributed by atoms with van der Waals surface area (Å²) in [5.74, 6) is -1.14. The Morgan fingerprint density at radius 3 is 2.22 bits per heavy atom. The average Bonchev–Trinajstić information content (AvgIpc) is 3.42. The highest BCUT2D eigenvalue weighted by atomic mass is 32.2. The highest BCUT2D eigenvalue weighted by Crippen LogP contribution is 2.23. The van der Waals surface area contributed by atoms with Crippen LogP contribution in [0.15, 0.2) is 29.2 Å². The van der Waals surface area contributed by atoms with Gasteiger partial charge in [-0.05, 0) is 49.8 Å². The molecule has 0 aliphatic heterocycles. The summed E-state index contributed by atoms with van der Waals surface area (Å²) in [5, 5.41) is 11.9. The van der Waals surface area contributed by atoms with Crippen molar-refractivity contribution >= 4 is 21.9 Å². The van der Waals surface area contributed by atoms with Crippen molar-refractivity contribution in [1.82, 2.24) is 10.0 Å². The summed E-state index contributed by atoms with van der Waals surface area (Å²) in [6.07, 6.45) is 3.42. The maximum absolute atomic E-state index is 12.3. The van der Waals surface area contributed by atoms with Crippen LogP contribution in [0.2, 0.25) is 0 Å². The molecule has 2 rings (SSSR count). The molecule has 8 heteroatoms. The summed E-state index contributed by atoms with van der Waals surface area (Å²) in [5.41, 5.74) is 0.127. The fraction of sp³-hybridized carbons (Fsp3) is 0.579. The van der Waals surface area contributed by atoms with Crippen molar-refractivity contribution in [3.8, 4) is 0 Å². The van der Waals surface area contributed by atoms with Crippen LogP contribution in [0, 0.1) is 0 Å². The highest BCUT2D eigenvalue weighted by molar-refractivity contribution is 7.89. The van der Waals surface area contributed by atoms with Crippen molar-refractivity contribution in [1.29, 1.82) is 0 Å². The van der Waals surface area contributed by atoms with Crippen LogP contribution in [0.25, 0.3) is 0 Å². The van der Waals surface area contributed by atoms with Crippen molar-refractivity contribution in [3.05, 3.63) is 29.8 Å². The number of aryl methyl sites for hydroxylation is 1. The lowest BCUT2D eigenvalue weighted by molar-refractivity contribution is -0.139. The van der Waals surface area contributed by atoms with E-state index in [1.54, 1.807) is 24.3 Å². The Kier molecular flexibility index (Phi) is 7.00. The second kappa shape index (κ2) is 8.84. The molecular formula is C19H28N2O5S. The molecule has 0 heterocycles. The molecule has 0 unspecified atom stereocenters. The minimum Gasteiger partial charge on any atom is -0.481 e. The fourth-order valence-corrected chi connectivity index (χ4v) is 4.26. The third kappa shape index (κ3) is 6.32. The zero-order valence-electron chi connectivity index (χ0n) is 15.8. The van der Waals surface area contributed by atoms with E-state index in [2.05, 4.69) is 10.0 Å². The van der Waals surface area contributed by atoms with Crippen LogP contribution in [0.5, 0.6) is 0 Å². The lowest BCUT2D eigenvalue weighted by Crippen LogP contribution is -2.49. The molecule has 1 aliphatic rings. The van der Waals surface area contributed by atoms with Crippen molar-refractivity contribution < 1.29 is 23.1 Å². The third-order valence-corrected chi connectivity index (χ3v) is 6.56. The molecule has 1 fully saturated rings. The monoisotopic (exact) mass is 396 g/mol. The molecule has 0 spiro atoms. The Balaban J connectivity index is 1.91. The molecule has 0 radical (unpaired) electrons. The number of carboxylic acid groups (broad SMARTS) is 1. The molecule has 1 aromatic rings. The first kappa shape index (κ1) is 21.4. The van der Waals surface area contributed by atoms with E-state index in [1.807, 2.05) is 13.8 Å². The van der Waals surface area contributed by atoms with E-state index in [4.69, 9.17) is 5.11 Å². The van der Waals surface area contributed by atoms with Crippen LogP contribution in [-0.2, 0) is 26.0 Å². The first-order valence-electron chi connectivity index (χ1n) is 9.34. The normalized spacial score (nSPS) is 14.7. The molecule has 150 valence electrons. The Labute approximate surface area is 160 Å². The van der Waals surface area contributed by atoms with E-state index < -0.39 is 21.5 Å². The smallest absolute Gasteiger partial charge is 0.305 e. The summed E-state index contributed by atoms with van der Waals surface area (Å²) in [6, 6.07) is 6.56. The first-order chi connectivity index (χ1) is 12.7. The molecular weight excluding hydrogens is 368 g/mol. The van der Waals surface area contributed by atoms with Crippen molar-refractivity contribution in [2.75, 3.05) is 0 Å². The maximum Gasteiger partial charge on any atom is 0.305 e. The van der Waals surface area contributed by atoms with E-state index in [9.17, 15) is 18.0 Å². The van der Waals surface area contributed by atoms with Crippen LogP contribution < -0.4 is 10.0 Å². The summed E-state index contributed by atoms with van der Waals surface area (Å²) in [4.78, 5) is 23.6. The molecule has 0 aromatic heterocycles. The highest BCUT2D eigenvalue weighted by Gasteiger charge is 2.31. The van der Waals surface area contributed by atoms with E-state index >= 15 is 0 Å². The molecule has 3 N–H and O–H groups in total. The number of aliphatic carboxylic acids is 1. The maximum atomic E-state index is 12.3. The minimum absolute atomic E-state index is 0.0570. The van der Waals surface area contributed by atoms with Gasteiger partial charge in [0, 0.05) is 18.0 Å². The molecule has 0 bridgehead atoms. The van der Waals surface area contributed by atoms with Gasteiger partial charge in [0.25, 0.3) is 0 Å². The van der Waals surface area contributed by atoms with Crippen LogP contribution in [0.3, 0.4) is 0 Å². The number of hydrogen-bond donors (Lipinski definition) is 3. The molecule has 1 aromatic carbocycles. The molecule has 27 heavy (non-hydrogen) atoms. The molecule has 0 atom stereocenters. The Bertz CT molecular complexity index is 766. The SMILES string of the molecule is CCC(CC)(CC(=O)O)NC(=O)CCc1ccc(S(=O)(=O)NC2CC2)cc1. The van der Waals surface area contributed by atoms with E-state index in [0.29, 0.717) is 19.3 Å². The zero-order chi connectivity index (χ0) is 20.1. The molecule has 0 saturated heterocycles. The topological polar surface area (TPSA) is 113 Å². The summed E-state index contributed by atoms with van der Waals surface area (Å²) in [7, 11) is -3.47. The number of hydrogen-bond acceptors (Lipinski definition) is 4. The first-order valence-corrected chi connectivity index (χ1v) is 10.8. The van der Waals surface area contributed by atoms with E-state index in [0.717, 1.165) is 18.4 Å². The number of nitrogens with one attached hydrogen (secondary N) is 2. The number of carbonyl (C=O) groups is 2. The average molecular weight is 397 g/mol. The van der Waals surface area contributed by atoms with Gasteiger partial charge in [0.15, 0.2) is 0 Å². The fourth-order valence-electron chi connectivity index (χ4n) is 2.95.